The van der Waals surface area contributed by atoms with Crippen LogP contribution in [0.2, 0.25) is 0 Å². The third-order valence-electron chi connectivity index (χ3n) is 2.48. The van der Waals surface area contributed by atoms with E-state index in [1.807, 2.05) is 0 Å². The molecule has 6 heteroatoms. The topological polar surface area (TPSA) is 23.5 Å². The Labute approximate surface area is 103 Å². The average Bonchev–Trinajstić information content (AvgIpc) is 2.24. The van der Waals surface area contributed by atoms with Crippen LogP contribution in [0.25, 0.3) is 0 Å². The summed E-state index contributed by atoms with van der Waals surface area (Å²) >= 11 is 0. The average molecular weight is 265 g/mol. The molecule has 0 aliphatic rings. The summed E-state index contributed by atoms with van der Waals surface area (Å²) in [6.07, 6.45) is -4.40. The van der Waals surface area contributed by atoms with Crippen molar-refractivity contribution in [1.82, 2.24) is 0 Å². The number of hydrogen-bond donors (Lipinski definition) is 1. The van der Waals surface area contributed by atoms with Gasteiger partial charge in [-0.2, -0.15) is 13.2 Å². The van der Waals surface area contributed by atoms with Gasteiger partial charge < -0.3 is 10.0 Å². The van der Waals surface area contributed by atoms with Crippen molar-refractivity contribution < 1.29 is 22.7 Å². The minimum absolute atomic E-state index is 0.112. The van der Waals surface area contributed by atoms with Crippen LogP contribution < -0.4 is 4.90 Å². The largest absolute Gasteiger partial charge is 0.405 e. The molecule has 1 rings (SSSR count). The van der Waals surface area contributed by atoms with E-state index >= 15 is 0 Å². The predicted molar refractivity (Wildman–Crippen MR) is 60.9 cm³/mol. The Kier molecular flexibility index (Phi) is 4.56. The molecule has 0 atom stereocenters. The van der Waals surface area contributed by atoms with E-state index in [1.54, 1.807) is 13.8 Å². The van der Waals surface area contributed by atoms with Crippen molar-refractivity contribution >= 4 is 5.69 Å². The van der Waals surface area contributed by atoms with Gasteiger partial charge in [0.05, 0.1) is 12.3 Å². The number of aliphatic hydroxyl groups is 1. The fraction of sp³-hybridized carbons (Fsp3) is 0.500. The first-order valence-electron chi connectivity index (χ1n) is 5.47. The van der Waals surface area contributed by atoms with Gasteiger partial charge in [-0.3, -0.25) is 0 Å². The van der Waals surface area contributed by atoms with Gasteiger partial charge in [0.2, 0.25) is 0 Å². The van der Waals surface area contributed by atoms with Crippen LogP contribution in [0.1, 0.15) is 19.4 Å². The maximum Gasteiger partial charge on any atom is 0.405 e. The Bertz CT molecular complexity index is 404. The van der Waals surface area contributed by atoms with Crippen molar-refractivity contribution in [2.24, 2.45) is 0 Å². The summed E-state index contributed by atoms with van der Waals surface area (Å²) in [5.41, 5.74) is 0.214. The molecule has 0 bridgehead atoms. The number of benzene rings is 1. The molecule has 0 radical (unpaired) electrons. The molecule has 0 heterocycles. The first-order chi connectivity index (χ1) is 8.24. The highest BCUT2D eigenvalue weighted by atomic mass is 19.4. The lowest BCUT2D eigenvalue weighted by molar-refractivity contribution is -0.120. The minimum Gasteiger partial charge on any atom is -0.392 e. The molecule has 0 saturated carbocycles. The van der Waals surface area contributed by atoms with Crippen LogP contribution in [-0.2, 0) is 6.61 Å². The molecular formula is C12H15F4NO. The zero-order valence-corrected chi connectivity index (χ0v) is 10.1. The summed E-state index contributed by atoms with van der Waals surface area (Å²) in [6.45, 7) is 1.56. The van der Waals surface area contributed by atoms with E-state index < -0.39 is 24.6 Å². The number of anilines is 1. The fourth-order valence-corrected chi connectivity index (χ4v) is 1.62. The lowest BCUT2D eigenvalue weighted by Gasteiger charge is -2.30. The molecule has 0 amide bonds. The van der Waals surface area contributed by atoms with E-state index in [0.717, 1.165) is 11.0 Å². The molecule has 0 aromatic heterocycles. The maximum atomic E-state index is 13.7. The molecule has 1 N–H and O–H groups in total. The van der Waals surface area contributed by atoms with Gasteiger partial charge in [-0.1, -0.05) is 6.07 Å². The molecule has 2 nitrogen and oxygen atoms in total. The van der Waals surface area contributed by atoms with E-state index in [0.29, 0.717) is 5.56 Å². The highest BCUT2D eigenvalue weighted by molar-refractivity contribution is 5.50. The van der Waals surface area contributed by atoms with Crippen molar-refractivity contribution in [2.75, 3.05) is 11.4 Å². The van der Waals surface area contributed by atoms with Crippen LogP contribution in [0.15, 0.2) is 18.2 Å². The quantitative estimate of drug-likeness (QED) is 0.846. The lowest BCUT2D eigenvalue weighted by Crippen LogP contribution is -2.39. The van der Waals surface area contributed by atoms with Gasteiger partial charge in [-0.05, 0) is 31.5 Å². The van der Waals surface area contributed by atoms with Crippen molar-refractivity contribution in [1.29, 1.82) is 0 Å². The Morgan fingerprint density at radius 1 is 1.28 bits per heavy atom. The van der Waals surface area contributed by atoms with Crippen LogP contribution in [0, 0.1) is 5.82 Å². The first kappa shape index (κ1) is 14.8. The molecule has 18 heavy (non-hydrogen) atoms. The van der Waals surface area contributed by atoms with Gasteiger partial charge in [-0.25, -0.2) is 4.39 Å². The second kappa shape index (κ2) is 5.56. The van der Waals surface area contributed by atoms with E-state index in [1.165, 1.54) is 12.1 Å². The SMILES string of the molecule is CC(C)N(CC(F)(F)F)c1ccc(CO)cc1F. The van der Waals surface area contributed by atoms with Crippen molar-refractivity contribution in [3.05, 3.63) is 29.6 Å². The molecule has 102 valence electrons. The summed E-state index contributed by atoms with van der Waals surface area (Å²) in [4.78, 5) is 0.941. The highest BCUT2D eigenvalue weighted by Gasteiger charge is 2.32. The monoisotopic (exact) mass is 265 g/mol. The Morgan fingerprint density at radius 2 is 1.89 bits per heavy atom. The fourth-order valence-electron chi connectivity index (χ4n) is 1.62. The van der Waals surface area contributed by atoms with Gasteiger partial charge in [0, 0.05) is 6.04 Å². The second-order valence-electron chi connectivity index (χ2n) is 4.28. The van der Waals surface area contributed by atoms with Gasteiger partial charge >= 0.3 is 6.18 Å². The number of rotatable bonds is 4. The van der Waals surface area contributed by atoms with Crippen LogP contribution in [0.4, 0.5) is 23.2 Å². The van der Waals surface area contributed by atoms with Gasteiger partial charge in [0.15, 0.2) is 0 Å². The summed E-state index contributed by atoms with van der Waals surface area (Å²) < 4.78 is 51.0. The molecule has 1 aromatic rings. The van der Waals surface area contributed by atoms with Crippen molar-refractivity contribution in [3.8, 4) is 0 Å². The number of nitrogens with zero attached hydrogens (tertiary/aromatic N) is 1. The van der Waals surface area contributed by atoms with E-state index in [2.05, 4.69) is 0 Å². The first-order valence-corrected chi connectivity index (χ1v) is 5.47. The highest BCUT2D eigenvalue weighted by Crippen LogP contribution is 2.27. The van der Waals surface area contributed by atoms with Crippen LogP contribution in [0.5, 0.6) is 0 Å². The lowest BCUT2D eigenvalue weighted by atomic mass is 10.1. The third-order valence-corrected chi connectivity index (χ3v) is 2.48. The van der Waals surface area contributed by atoms with Gasteiger partial charge in [-0.15, -0.1) is 0 Å². The minimum atomic E-state index is -4.40. The molecule has 1 aromatic carbocycles. The zero-order chi connectivity index (χ0) is 13.9. The Morgan fingerprint density at radius 3 is 2.28 bits per heavy atom. The van der Waals surface area contributed by atoms with Crippen molar-refractivity contribution in [2.45, 2.75) is 32.7 Å². The normalized spacial score (nSPS) is 12.0. The van der Waals surface area contributed by atoms with Crippen molar-refractivity contribution in [3.63, 3.8) is 0 Å². The summed E-state index contributed by atoms with van der Waals surface area (Å²) in [7, 11) is 0. The summed E-state index contributed by atoms with van der Waals surface area (Å²) in [5.74, 6) is -0.764. The van der Waals surface area contributed by atoms with E-state index in [9.17, 15) is 17.6 Å². The number of hydrogen-bond acceptors (Lipinski definition) is 2. The number of alkyl halides is 3. The number of halogens is 4. The van der Waals surface area contributed by atoms with Gasteiger partial charge in [0.25, 0.3) is 0 Å². The second-order valence-corrected chi connectivity index (χ2v) is 4.28. The summed E-state index contributed by atoms with van der Waals surface area (Å²) in [5, 5.41) is 8.83. The van der Waals surface area contributed by atoms with Crippen LogP contribution in [-0.4, -0.2) is 23.9 Å². The molecular weight excluding hydrogens is 250 g/mol. The third kappa shape index (κ3) is 3.87. The summed E-state index contributed by atoms with van der Waals surface area (Å²) in [6, 6.07) is 3.22. The molecule has 0 aliphatic carbocycles. The molecule has 0 spiro atoms. The Hall–Kier alpha value is -1.30. The molecule has 0 unspecified atom stereocenters. The Balaban J connectivity index is 3.06. The van der Waals surface area contributed by atoms with E-state index in [-0.39, 0.29) is 12.3 Å². The van der Waals surface area contributed by atoms with Gasteiger partial charge in [0.1, 0.15) is 12.4 Å². The standard InChI is InChI=1S/C12H15F4NO/c1-8(2)17(7-12(14,15)16)11-4-3-9(6-18)5-10(11)13/h3-5,8,18H,6-7H2,1-2H3. The maximum absolute atomic E-state index is 13.7. The van der Waals surface area contributed by atoms with Crippen LogP contribution in [0.3, 0.4) is 0 Å². The smallest absolute Gasteiger partial charge is 0.392 e. The van der Waals surface area contributed by atoms with E-state index in [4.69, 9.17) is 5.11 Å². The zero-order valence-electron chi connectivity index (χ0n) is 10.1. The predicted octanol–water partition coefficient (Wildman–Crippen LogP) is 3.10. The molecule has 0 saturated heterocycles. The van der Waals surface area contributed by atoms with Crippen LogP contribution >= 0.6 is 0 Å². The molecule has 0 aliphatic heterocycles. The molecule has 0 fully saturated rings. The number of aliphatic hydroxyl groups excluding tert-OH is 1.